The summed E-state index contributed by atoms with van der Waals surface area (Å²) in [5.41, 5.74) is 1.50. The quantitative estimate of drug-likeness (QED) is 0.692. The highest BCUT2D eigenvalue weighted by Gasteiger charge is 2.08. The molecule has 0 radical (unpaired) electrons. The van der Waals surface area contributed by atoms with Gasteiger partial charge >= 0.3 is 0 Å². The van der Waals surface area contributed by atoms with Crippen molar-refractivity contribution in [1.29, 1.82) is 5.26 Å². The Kier molecular flexibility index (Phi) is 1.71. The van der Waals surface area contributed by atoms with E-state index >= 15 is 0 Å². The number of nitriles is 1. The zero-order valence-corrected chi connectivity index (χ0v) is 7.85. The maximum absolute atomic E-state index is 9.55. The van der Waals surface area contributed by atoms with Crippen molar-refractivity contribution in [1.82, 2.24) is 0 Å². The molecule has 0 fully saturated rings. The van der Waals surface area contributed by atoms with Crippen molar-refractivity contribution in [2.45, 2.75) is 6.92 Å². The first kappa shape index (κ1) is 8.09. The molecule has 2 aromatic rings. The van der Waals surface area contributed by atoms with Crippen LogP contribution in [0.25, 0.3) is 10.1 Å². The van der Waals surface area contributed by atoms with Crippen LogP contribution in [0.2, 0.25) is 0 Å². The zero-order valence-electron chi connectivity index (χ0n) is 7.03. The van der Waals surface area contributed by atoms with Gasteiger partial charge in [-0.15, -0.1) is 11.3 Å². The van der Waals surface area contributed by atoms with Crippen LogP contribution in [0.15, 0.2) is 17.5 Å². The van der Waals surface area contributed by atoms with Gasteiger partial charge in [-0.2, -0.15) is 5.26 Å². The maximum atomic E-state index is 9.55. The predicted octanol–water partition coefficient (Wildman–Crippen LogP) is 2.79. The first-order chi connectivity index (χ1) is 6.24. The van der Waals surface area contributed by atoms with E-state index < -0.39 is 0 Å². The SMILES string of the molecule is Cc1c(C#N)cc(O)c2ccsc12. The van der Waals surface area contributed by atoms with Crippen LogP contribution in [0.1, 0.15) is 11.1 Å². The van der Waals surface area contributed by atoms with Gasteiger partial charge in [0.15, 0.2) is 0 Å². The van der Waals surface area contributed by atoms with Gasteiger partial charge in [-0.05, 0) is 30.0 Å². The average molecular weight is 189 g/mol. The van der Waals surface area contributed by atoms with Crippen molar-refractivity contribution < 1.29 is 5.11 Å². The van der Waals surface area contributed by atoms with Gasteiger partial charge in [-0.1, -0.05) is 0 Å². The molecule has 0 bridgehead atoms. The number of benzene rings is 1. The largest absolute Gasteiger partial charge is 0.507 e. The first-order valence-corrected chi connectivity index (χ1v) is 4.72. The Morgan fingerprint density at radius 3 is 3.00 bits per heavy atom. The van der Waals surface area contributed by atoms with Crippen LogP contribution in [0.4, 0.5) is 0 Å². The number of nitrogens with zero attached hydrogens (tertiary/aromatic N) is 1. The molecule has 1 aromatic heterocycles. The molecular weight excluding hydrogens is 182 g/mol. The monoisotopic (exact) mass is 189 g/mol. The van der Waals surface area contributed by atoms with Crippen LogP contribution in [-0.2, 0) is 0 Å². The number of hydrogen-bond donors (Lipinski definition) is 1. The average Bonchev–Trinajstić information content (AvgIpc) is 2.60. The summed E-state index contributed by atoms with van der Waals surface area (Å²) in [5.74, 6) is 0.193. The highest BCUT2D eigenvalue weighted by atomic mass is 32.1. The third-order valence-electron chi connectivity index (χ3n) is 2.09. The summed E-state index contributed by atoms with van der Waals surface area (Å²) >= 11 is 1.55. The van der Waals surface area contributed by atoms with E-state index in [1.165, 1.54) is 6.07 Å². The normalized spacial score (nSPS) is 10.2. The van der Waals surface area contributed by atoms with Gasteiger partial charge in [0.05, 0.1) is 11.6 Å². The third-order valence-corrected chi connectivity index (χ3v) is 3.12. The lowest BCUT2D eigenvalue weighted by atomic mass is 10.1. The molecule has 0 amide bonds. The number of aryl methyl sites for hydroxylation is 1. The van der Waals surface area contributed by atoms with Crippen molar-refractivity contribution in [2.75, 3.05) is 0 Å². The Bertz CT molecular complexity index is 507. The Balaban J connectivity index is 2.95. The fourth-order valence-electron chi connectivity index (χ4n) is 1.36. The molecular formula is C10H7NOS. The summed E-state index contributed by atoms with van der Waals surface area (Å²) in [5, 5.41) is 21.1. The molecule has 0 spiro atoms. The van der Waals surface area contributed by atoms with Crippen LogP contribution in [0.5, 0.6) is 5.75 Å². The molecule has 0 saturated heterocycles. The fraction of sp³-hybridized carbons (Fsp3) is 0.100. The lowest BCUT2D eigenvalue weighted by Gasteiger charge is -2.00. The lowest BCUT2D eigenvalue weighted by Crippen LogP contribution is -1.81. The highest BCUT2D eigenvalue weighted by molar-refractivity contribution is 7.17. The molecule has 1 aromatic carbocycles. The van der Waals surface area contributed by atoms with E-state index in [1.807, 2.05) is 18.4 Å². The van der Waals surface area contributed by atoms with Gasteiger partial charge in [0.2, 0.25) is 0 Å². The molecule has 2 rings (SSSR count). The van der Waals surface area contributed by atoms with Crippen molar-refractivity contribution in [3.8, 4) is 11.8 Å². The number of phenolic OH excluding ortho intramolecular Hbond substituents is 1. The van der Waals surface area contributed by atoms with Gasteiger partial charge < -0.3 is 5.11 Å². The van der Waals surface area contributed by atoms with E-state index in [9.17, 15) is 5.11 Å². The van der Waals surface area contributed by atoms with Crippen LogP contribution in [0, 0.1) is 18.3 Å². The van der Waals surface area contributed by atoms with Gasteiger partial charge in [0, 0.05) is 10.1 Å². The third kappa shape index (κ3) is 1.07. The topological polar surface area (TPSA) is 44.0 Å². The summed E-state index contributed by atoms with van der Waals surface area (Å²) < 4.78 is 0.997. The Hall–Kier alpha value is -1.53. The van der Waals surface area contributed by atoms with Gasteiger partial charge in [0.1, 0.15) is 5.75 Å². The lowest BCUT2D eigenvalue weighted by molar-refractivity contribution is 0.481. The molecule has 0 aliphatic carbocycles. The summed E-state index contributed by atoms with van der Waals surface area (Å²) in [6.45, 7) is 1.90. The molecule has 0 unspecified atom stereocenters. The molecule has 1 N–H and O–H groups in total. The molecule has 2 nitrogen and oxygen atoms in total. The molecule has 3 heteroatoms. The van der Waals surface area contributed by atoms with E-state index in [4.69, 9.17) is 5.26 Å². The van der Waals surface area contributed by atoms with Crippen LogP contribution in [0.3, 0.4) is 0 Å². The van der Waals surface area contributed by atoms with Crippen molar-refractivity contribution in [3.05, 3.63) is 28.6 Å². The van der Waals surface area contributed by atoms with Crippen LogP contribution < -0.4 is 0 Å². The van der Waals surface area contributed by atoms with Crippen molar-refractivity contribution >= 4 is 21.4 Å². The zero-order chi connectivity index (χ0) is 9.42. The standard InChI is InChI=1S/C10H7NOS/c1-6-7(5-11)4-9(12)8-2-3-13-10(6)8/h2-4,12H,1H3. The van der Waals surface area contributed by atoms with Crippen LogP contribution in [-0.4, -0.2) is 5.11 Å². The number of thiophene rings is 1. The molecule has 13 heavy (non-hydrogen) atoms. The molecule has 0 aliphatic heterocycles. The minimum Gasteiger partial charge on any atom is -0.507 e. The van der Waals surface area contributed by atoms with Gasteiger partial charge in [0.25, 0.3) is 0 Å². The smallest absolute Gasteiger partial charge is 0.125 e. The molecule has 0 atom stereocenters. The summed E-state index contributed by atoms with van der Waals surface area (Å²) in [6.07, 6.45) is 0. The number of hydrogen-bond acceptors (Lipinski definition) is 3. The van der Waals surface area contributed by atoms with Crippen molar-refractivity contribution in [2.24, 2.45) is 0 Å². The van der Waals surface area contributed by atoms with Crippen molar-refractivity contribution in [3.63, 3.8) is 0 Å². The summed E-state index contributed by atoms with van der Waals surface area (Å²) in [7, 11) is 0. The minimum atomic E-state index is 0.193. The predicted molar refractivity (Wildman–Crippen MR) is 52.9 cm³/mol. The maximum Gasteiger partial charge on any atom is 0.125 e. The second-order valence-electron chi connectivity index (χ2n) is 2.84. The van der Waals surface area contributed by atoms with Crippen LogP contribution >= 0.6 is 11.3 Å². The molecule has 0 aliphatic rings. The molecule has 64 valence electrons. The Morgan fingerprint density at radius 1 is 1.54 bits per heavy atom. The van der Waals surface area contributed by atoms with Gasteiger partial charge in [-0.3, -0.25) is 0 Å². The number of rotatable bonds is 0. The number of phenols is 1. The van der Waals surface area contributed by atoms with E-state index in [1.54, 1.807) is 11.3 Å². The highest BCUT2D eigenvalue weighted by Crippen LogP contribution is 2.33. The second-order valence-corrected chi connectivity index (χ2v) is 3.76. The van der Waals surface area contributed by atoms with E-state index in [-0.39, 0.29) is 5.75 Å². The fourth-order valence-corrected chi connectivity index (χ4v) is 2.29. The van der Waals surface area contributed by atoms with Gasteiger partial charge in [-0.25, -0.2) is 0 Å². The van der Waals surface area contributed by atoms with E-state index in [0.29, 0.717) is 5.56 Å². The second kappa shape index (κ2) is 2.75. The molecule has 0 saturated carbocycles. The Labute approximate surface area is 79.7 Å². The number of aromatic hydroxyl groups is 1. The molecule has 1 heterocycles. The minimum absolute atomic E-state index is 0.193. The Morgan fingerprint density at radius 2 is 2.31 bits per heavy atom. The van der Waals surface area contributed by atoms with E-state index in [0.717, 1.165) is 15.6 Å². The summed E-state index contributed by atoms with van der Waals surface area (Å²) in [4.78, 5) is 0. The van der Waals surface area contributed by atoms with E-state index in [2.05, 4.69) is 6.07 Å². The number of fused-ring (bicyclic) bond motifs is 1. The summed E-state index contributed by atoms with van der Waals surface area (Å²) in [6, 6.07) is 5.45. The first-order valence-electron chi connectivity index (χ1n) is 3.84.